The second-order valence-corrected chi connectivity index (χ2v) is 6.12. The first kappa shape index (κ1) is 13.1. The van der Waals surface area contributed by atoms with Gasteiger partial charge in [-0.3, -0.25) is 4.72 Å². The fourth-order valence-corrected chi connectivity index (χ4v) is 3.32. The standard InChI is InChI=1S/C11H12ClN3O2S/c12-10-4-3-9(8-13)11(7-10)14-18(16,17)15-5-1-2-6-15/h3-4,7,14H,1-2,5-6H2. The Kier molecular flexibility index (Phi) is 3.76. The van der Waals surface area contributed by atoms with Crippen LogP contribution in [0.15, 0.2) is 18.2 Å². The van der Waals surface area contributed by atoms with Crippen LogP contribution in [0.4, 0.5) is 5.69 Å². The van der Waals surface area contributed by atoms with E-state index in [2.05, 4.69) is 4.72 Å². The highest BCUT2D eigenvalue weighted by atomic mass is 35.5. The summed E-state index contributed by atoms with van der Waals surface area (Å²) in [6, 6.07) is 6.41. The van der Waals surface area contributed by atoms with E-state index in [1.54, 1.807) is 6.07 Å². The van der Waals surface area contributed by atoms with Crippen LogP contribution in [-0.4, -0.2) is 25.8 Å². The Labute approximate surface area is 111 Å². The minimum atomic E-state index is -3.59. The van der Waals surface area contributed by atoms with Crippen LogP contribution in [0.3, 0.4) is 0 Å². The van der Waals surface area contributed by atoms with Crippen molar-refractivity contribution in [2.45, 2.75) is 12.8 Å². The van der Waals surface area contributed by atoms with Gasteiger partial charge in [-0.05, 0) is 31.0 Å². The Hall–Kier alpha value is -1.29. The van der Waals surface area contributed by atoms with E-state index in [4.69, 9.17) is 16.9 Å². The van der Waals surface area contributed by atoms with Gasteiger partial charge in [0.25, 0.3) is 0 Å². The number of hydrogen-bond acceptors (Lipinski definition) is 3. The Morgan fingerprint density at radius 2 is 2.00 bits per heavy atom. The van der Waals surface area contributed by atoms with Crippen LogP contribution in [-0.2, 0) is 10.2 Å². The second kappa shape index (κ2) is 5.14. The molecule has 1 aromatic rings. The molecule has 0 spiro atoms. The van der Waals surface area contributed by atoms with Crippen LogP contribution in [0.2, 0.25) is 5.02 Å². The van der Waals surface area contributed by atoms with Gasteiger partial charge < -0.3 is 0 Å². The highest BCUT2D eigenvalue weighted by Crippen LogP contribution is 2.23. The molecule has 96 valence electrons. The summed E-state index contributed by atoms with van der Waals surface area (Å²) in [6.45, 7) is 1.02. The fraction of sp³-hybridized carbons (Fsp3) is 0.364. The van der Waals surface area contributed by atoms with Crippen molar-refractivity contribution < 1.29 is 8.42 Å². The average molecular weight is 286 g/mol. The topological polar surface area (TPSA) is 73.2 Å². The molecular formula is C11H12ClN3O2S. The smallest absolute Gasteiger partial charge is 0.270 e. The Bertz CT molecular complexity index is 589. The summed E-state index contributed by atoms with van der Waals surface area (Å²) in [6.07, 6.45) is 1.73. The van der Waals surface area contributed by atoms with E-state index in [-0.39, 0.29) is 11.3 Å². The van der Waals surface area contributed by atoms with Gasteiger partial charge >= 0.3 is 10.2 Å². The molecule has 0 bridgehead atoms. The Morgan fingerprint density at radius 3 is 2.61 bits per heavy atom. The van der Waals surface area contributed by atoms with E-state index in [0.29, 0.717) is 18.1 Å². The summed E-state index contributed by atoms with van der Waals surface area (Å²) in [4.78, 5) is 0. The number of benzene rings is 1. The number of nitriles is 1. The molecule has 1 aliphatic heterocycles. The molecule has 1 aromatic carbocycles. The van der Waals surface area contributed by atoms with E-state index in [1.165, 1.54) is 16.4 Å². The number of anilines is 1. The summed E-state index contributed by atoms with van der Waals surface area (Å²) in [5.74, 6) is 0. The van der Waals surface area contributed by atoms with Crippen molar-refractivity contribution in [3.05, 3.63) is 28.8 Å². The lowest BCUT2D eigenvalue weighted by Gasteiger charge is -2.17. The first-order valence-corrected chi connectivity index (χ1v) is 7.32. The quantitative estimate of drug-likeness (QED) is 0.923. The number of halogens is 1. The molecule has 0 aliphatic carbocycles. The summed E-state index contributed by atoms with van der Waals surface area (Å²) in [5, 5.41) is 9.31. The molecule has 0 unspecified atom stereocenters. The van der Waals surface area contributed by atoms with Crippen molar-refractivity contribution in [3.8, 4) is 6.07 Å². The van der Waals surface area contributed by atoms with Gasteiger partial charge in [0.05, 0.1) is 11.3 Å². The van der Waals surface area contributed by atoms with Gasteiger partial charge in [-0.25, -0.2) is 0 Å². The van der Waals surface area contributed by atoms with Crippen molar-refractivity contribution >= 4 is 27.5 Å². The van der Waals surface area contributed by atoms with Gasteiger partial charge in [0.1, 0.15) is 6.07 Å². The number of nitrogens with one attached hydrogen (secondary N) is 1. The van der Waals surface area contributed by atoms with Gasteiger partial charge in [-0.2, -0.15) is 18.0 Å². The average Bonchev–Trinajstić information content (AvgIpc) is 2.83. The van der Waals surface area contributed by atoms with Gasteiger partial charge in [0.15, 0.2) is 0 Å². The van der Waals surface area contributed by atoms with Gasteiger partial charge in [-0.15, -0.1) is 0 Å². The van der Waals surface area contributed by atoms with E-state index in [9.17, 15) is 8.42 Å². The SMILES string of the molecule is N#Cc1ccc(Cl)cc1NS(=O)(=O)N1CCCC1. The van der Waals surface area contributed by atoms with E-state index in [1.807, 2.05) is 6.07 Å². The van der Waals surface area contributed by atoms with Crippen LogP contribution in [0.5, 0.6) is 0 Å². The van der Waals surface area contributed by atoms with Crippen LogP contribution >= 0.6 is 11.6 Å². The summed E-state index contributed by atoms with van der Waals surface area (Å²) in [7, 11) is -3.59. The molecule has 0 radical (unpaired) electrons. The molecule has 5 nitrogen and oxygen atoms in total. The zero-order chi connectivity index (χ0) is 13.2. The minimum Gasteiger partial charge on any atom is -0.270 e. The van der Waals surface area contributed by atoms with Crippen molar-refractivity contribution in [2.75, 3.05) is 17.8 Å². The van der Waals surface area contributed by atoms with E-state index >= 15 is 0 Å². The molecule has 1 fully saturated rings. The highest BCUT2D eigenvalue weighted by Gasteiger charge is 2.25. The molecule has 18 heavy (non-hydrogen) atoms. The maximum absolute atomic E-state index is 12.0. The van der Waals surface area contributed by atoms with Crippen LogP contribution < -0.4 is 4.72 Å². The van der Waals surface area contributed by atoms with Crippen LogP contribution in [0.1, 0.15) is 18.4 Å². The molecule has 1 heterocycles. The largest absolute Gasteiger partial charge is 0.301 e. The molecule has 2 rings (SSSR count). The highest BCUT2D eigenvalue weighted by molar-refractivity contribution is 7.90. The monoisotopic (exact) mass is 285 g/mol. The van der Waals surface area contributed by atoms with Gasteiger partial charge in [0.2, 0.25) is 0 Å². The zero-order valence-electron chi connectivity index (χ0n) is 9.56. The first-order chi connectivity index (χ1) is 8.53. The van der Waals surface area contributed by atoms with E-state index < -0.39 is 10.2 Å². The molecule has 0 saturated carbocycles. The predicted octanol–water partition coefficient (Wildman–Crippen LogP) is 1.96. The lowest BCUT2D eigenvalue weighted by molar-refractivity contribution is 0.482. The van der Waals surface area contributed by atoms with Crippen molar-refractivity contribution in [1.29, 1.82) is 5.26 Å². The maximum atomic E-state index is 12.0. The molecule has 0 atom stereocenters. The number of hydrogen-bond donors (Lipinski definition) is 1. The van der Waals surface area contributed by atoms with Crippen LogP contribution in [0.25, 0.3) is 0 Å². The summed E-state index contributed by atoms with van der Waals surface area (Å²) < 4.78 is 27.9. The molecule has 0 aromatic heterocycles. The predicted molar refractivity (Wildman–Crippen MR) is 69.5 cm³/mol. The molecule has 1 saturated heterocycles. The molecule has 0 amide bonds. The van der Waals surface area contributed by atoms with E-state index in [0.717, 1.165) is 12.8 Å². The molecule has 1 N–H and O–H groups in total. The van der Waals surface area contributed by atoms with Gasteiger partial charge in [0, 0.05) is 18.1 Å². The van der Waals surface area contributed by atoms with Gasteiger partial charge in [-0.1, -0.05) is 11.6 Å². The second-order valence-electron chi connectivity index (χ2n) is 4.01. The van der Waals surface area contributed by atoms with Crippen molar-refractivity contribution in [3.63, 3.8) is 0 Å². The maximum Gasteiger partial charge on any atom is 0.301 e. The molecular weight excluding hydrogens is 274 g/mol. The lowest BCUT2D eigenvalue weighted by Crippen LogP contribution is -2.33. The first-order valence-electron chi connectivity index (χ1n) is 5.50. The minimum absolute atomic E-state index is 0.219. The van der Waals surface area contributed by atoms with Crippen molar-refractivity contribution in [1.82, 2.24) is 4.31 Å². The fourth-order valence-electron chi connectivity index (χ4n) is 1.83. The Morgan fingerprint density at radius 1 is 1.33 bits per heavy atom. The normalized spacial score (nSPS) is 16.4. The number of rotatable bonds is 3. The summed E-state index contributed by atoms with van der Waals surface area (Å²) in [5.41, 5.74) is 0.471. The lowest BCUT2D eigenvalue weighted by atomic mass is 10.2. The third-order valence-corrected chi connectivity index (χ3v) is 4.50. The number of nitrogens with zero attached hydrogens (tertiary/aromatic N) is 2. The Balaban J connectivity index is 2.28. The van der Waals surface area contributed by atoms with Crippen LogP contribution in [0, 0.1) is 11.3 Å². The summed E-state index contributed by atoms with van der Waals surface area (Å²) >= 11 is 5.80. The molecule has 1 aliphatic rings. The third-order valence-electron chi connectivity index (χ3n) is 2.75. The third kappa shape index (κ3) is 2.75. The zero-order valence-corrected chi connectivity index (χ0v) is 11.1. The molecule has 7 heteroatoms. The van der Waals surface area contributed by atoms with Crippen molar-refractivity contribution in [2.24, 2.45) is 0 Å².